The van der Waals surface area contributed by atoms with E-state index in [4.69, 9.17) is 5.53 Å². The second-order valence-corrected chi connectivity index (χ2v) is 2.74. The van der Waals surface area contributed by atoms with Crippen LogP contribution >= 0.6 is 0 Å². The Morgan fingerprint density at radius 2 is 2.20 bits per heavy atom. The number of rotatable bonds is 3. The molecule has 0 unspecified atom stereocenters. The summed E-state index contributed by atoms with van der Waals surface area (Å²) in [6, 6.07) is 3.54. The summed E-state index contributed by atoms with van der Waals surface area (Å²) < 4.78 is 0. The Bertz CT molecular complexity index is 414. The summed E-state index contributed by atoms with van der Waals surface area (Å²) in [5.74, 6) is -0.326. The first-order valence-corrected chi connectivity index (χ1v) is 3.90. The van der Waals surface area contributed by atoms with Gasteiger partial charge in [0.2, 0.25) is 0 Å². The Balaban J connectivity index is 3.38. The van der Waals surface area contributed by atoms with Gasteiger partial charge in [-0.15, -0.1) is 0 Å². The van der Waals surface area contributed by atoms with Gasteiger partial charge in [0, 0.05) is 28.3 Å². The molecule has 0 saturated carbocycles. The summed E-state index contributed by atoms with van der Waals surface area (Å²) in [7, 11) is 0. The topological polar surface area (TPSA) is 109 Å². The van der Waals surface area contributed by atoms with Crippen molar-refractivity contribution in [2.24, 2.45) is 5.11 Å². The van der Waals surface area contributed by atoms with E-state index in [1.54, 1.807) is 0 Å². The Hall–Kier alpha value is -2.40. The lowest BCUT2D eigenvalue weighted by Crippen LogP contribution is -1.94. The van der Waals surface area contributed by atoms with Crippen molar-refractivity contribution >= 4 is 17.2 Å². The Morgan fingerprint density at radius 1 is 1.53 bits per heavy atom. The molecular weight excluding hydrogens is 200 g/mol. The molecule has 0 N–H and O–H groups in total. The number of nitro groups is 1. The highest BCUT2D eigenvalue weighted by Crippen LogP contribution is 2.23. The highest BCUT2D eigenvalue weighted by molar-refractivity contribution is 5.95. The average molecular weight is 206 g/mol. The van der Waals surface area contributed by atoms with E-state index in [1.807, 2.05) is 0 Å². The van der Waals surface area contributed by atoms with Crippen molar-refractivity contribution in [3.63, 3.8) is 0 Å². The van der Waals surface area contributed by atoms with Crippen LogP contribution in [0.2, 0.25) is 0 Å². The lowest BCUT2D eigenvalue weighted by atomic mass is 10.1. The van der Waals surface area contributed by atoms with Crippen LogP contribution in [0.25, 0.3) is 10.4 Å². The monoisotopic (exact) mass is 206 g/mol. The SMILES string of the molecule is CC(=O)c1cc(N=[N+]=[N-])cc([N+](=O)[O-])c1. The smallest absolute Gasteiger partial charge is 0.270 e. The maximum atomic E-state index is 11.0. The van der Waals surface area contributed by atoms with Gasteiger partial charge < -0.3 is 0 Å². The van der Waals surface area contributed by atoms with Crippen molar-refractivity contribution in [3.8, 4) is 0 Å². The predicted octanol–water partition coefficient (Wildman–Crippen LogP) is 2.74. The molecule has 0 aliphatic heterocycles. The van der Waals surface area contributed by atoms with Gasteiger partial charge in [0.25, 0.3) is 5.69 Å². The van der Waals surface area contributed by atoms with Crippen LogP contribution in [0.4, 0.5) is 11.4 Å². The lowest BCUT2D eigenvalue weighted by molar-refractivity contribution is -0.384. The van der Waals surface area contributed by atoms with E-state index in [0.717, 1.165) is 12.1 Å². The van der Waals surface area contributed by atoms with Gasteiger partial charge in [-0.2, -0.15) is 0 Å². The zero-order valence-electron chi connectivity index (χ0n) is 7.75. The maximum Gasteiger partial charge on any atom is 0.270 e. The number of nitrogens with zero attached hydrogens (tertiary/aromatic N) is 4. The van der Waals surface area contributed by atoms with Crippen molar-refractivity contribution in [1.29, 1.82) is 0 Å². The number of benzene rings is 1. The van der Waals surface area contributed by atoms with Crippen molar-refractivity contribution < 1.29 is 9.72 Å². The van der Waals surface area contributed by atoms with E-state index in [9.17, 15) is 14.9 Å². The van der Waals surface area contributed by atoms with E-state index in [-0.39, 0.29) is 22.7 Å². The van der Waals surface area contributed by atoms with Crippen LogP contribution in [0, 0.1) is 10.1 Å². The van der Waals surface area contributed by atoms with Crippen LogP contribution in [0.3, 0.4) is 0 Å². The molecule has 15 heavy (non-hydrogen) atoms. The van der Waals surface area contributed by atoms with Gasteiger partial charge in [-0.25, -0.2) is 0 Å². The van der Waals surface area contributed by atoms with Gasteiger partial charge >= 0.3 is 0 Å². The maximum absolute atomic E-state index is 11.0. The van der Waals surface area contributed by atoms with Crippen LogP contribution in [-0.4, -0.2) is 10.7 Å². The van der Waals surface area contributed by atoms with Gasteiger partial charge in [0.05, 0.1) is 4.92 Å². The largest absolute Gasteiger partial charge is 0.295 e. The molecule has 7 nitrogen and oxygen atoms in total. The number of carbonyl (C=O) groups excluding carboxylic acids is 1. The third-order valence-electron chi connectivity index (χ3n) is 1.68. The number of nitro benzene ring substituents is 1. The van der Waals surface area contributed by atoms with Crippen LogP contribution in [0.1, 0.15) is 17.3 Å². The summed E-state index contributed by atoms with van der Waals surface area (Å²) in [6.07, 6.45) is 0. The number of hydrogen-bond donors (Lipinski definition) is 0. The average Bonchev–Trinajstić information content (AvgIpc) is 2.17. The molecule has 1 rings (SSSR count). The molecule has 0 saturated heterocycles. The van der Waals surface area contributed by atoms with Gasteiger partial charge in [0.15, 0.2) is 5.78 Å². The summed E-state index contributed by atoms with van der Waals surface area (Å²) in [6.45, 7) is 1.28. The highest BCUT2D eigenvalue weighted by atomic mass is 16.6. The third-order valence-corrected chi connectivity index (χ3v) is 1.68. The summed E-state index contributed by atoms with van der Waals surface area (Å²) >= 11 is 0. The Labute approximate surface area is 84.1 Å². The molecule has 0 amide bonds. The third kappa shape index (κ3) is 2.52. The zero-order chi connectivity index (χ0) is 11.4. The van der Waals surface area contributed by atoms with Crippen molar-refractivity contribution in [3.05, 3.63) is 44.3 Å². The van der Waals surface area contributed by atoms with Crippen LogP contribution in [-0.2, 0) is 0 Å². The van der Waals surface area contributed by atoms with Gasteiger partial charge in [-0.05, 0) is 18.5 Å². The minimum absolute atomic E-state index is 0.0527. The fourth-order valence-corrected chi connectivity index (χ4v) is 1.01. The highest BCUT2D eigenvalue weighted by Gasteiger charge is 2.11. The zero-order valence-corrected chi connectivity index (χ0v) is 7.75. The van der Waals surface area contributed by atoms with Gasteiger partial charge in [0.1, 0.15) is 0 Å². The molecule has 76 valence electrons. The number of non-ortho nitro benzene ring substituents is 1. The standard InChI is InChI=1S/C8H6N4O3/c1-5(13)6-2-7(10-11-9)4-8(3-6)12(14)15/h2-4H,1H3. The van der Waals surface area contributed by atoms with E-state index >= 15 is 0 Å². The van der Waals surface area contributed by atoms with Crippen molar-refractivity contribution in [2.45, 2.75) is 6.92 Å². The molecule has 0 heterocycles. The molecule has 0 fully saturated rings. The van der Waals surface area contributed by atoms with Crippen LogP contribution in [0.15, 0.2) is 23.3 Å². The molecule has 0 bridgehead atoms. The number of hydrogen-bond acceptors (Lipinski definition) is 4. The normalized spacial score (nSPS) is 9.13. The number of azide groups is 1. The molecular formula is C8H6N4O3. The molecule has 1 aromatic carbocycles. The van der Waals surface area contributed by atoms with E-state index in [2.05, 4.69) is 10.0 Å². The summed E-state index contributed by atoms with van der Waals surface area (Å²) in [4.78, 5) is 23.4. The lowest BCUT2D eigenvalue weighted by Gasteiger charge is -1.98. The second kappa shape index (κ2) is 4.21. The number of ketones is 1. The van der Waals surface area contributed by atoms with E-state index in [1.165, 1.54) is 13.0 Å². The molecule has 0 aliphatic carbocycles. The first-order chi connectivity index (χ1) is 7.04. The quantitative estimate of drug-likeness (QED) is 0.189. The number of Topliss-reactive ketones (excluding diaryl/α,β-unsaturated/α-hetero) is 1. The predicted molar refractivity (Wildman–Crippen MR) is 51.9 cm³/mol. The van der Waals surface area contributed by atoms with E-state index in [0.29, 0.717) is 0 Å². The fourth-order valence-electron chi connectivity index (χ4n) is 1.01. The molecule has 0 aliphatic rings. The van der Waals surface area contributed by atoms with Gasteiger partial charge in [-0.1, -0.05) is 5.11 Å². The molecule has 0 aromatic heterocycles. The molecule has 0 radical (unpaired) electrons. The van der Waals surface area contributed by atoms with Crippen molar-refractivity contribution in [2.75, 3.05) is 0 Å². The first kappa shape index (κ1) is 10.7. The first-order valence-electron chi connectivity index (χ1n) is 3.90. The summed E-state index contributed by atoms with van der Waals surface area (Å²) in [5.41, 5.74) is 8.11. The Morgan fingerprint density at radius 3 is 2.67 bits per heavy atom. The minimum Gasteiger partial charge on any atom is -0.295 e. The molecule has 0 spiro atoms. The fraction of sp³-hybridized carbons (Fsp3) is 0.125. The van der Waals surface area contributed by atoms with Crippen LogP contribution in [0.5, 0.6) is 0 Å². The van der Waals surface area contributed by atoms with Crippen LogP contribution < -0.4 is 0 Å². The molecule has 7 heteroatoms. The molecule has 0 atom stereocenters. The number of carbonyl (C=O) groups is 1. The minimum atomic E-state index is -0.650. The van der Waals surface area contributed by atoms with E-state index < -0.39 is 4.92 Å². The second-order valence-electron chi connectivity index (χ2n) is 2.74. The molecule has 1 aromatic rings. The van der Waals surface area contributed by atoms with Gasteiger partial charge in [-0.3, -0.25) is 14.9 Å². The summed E-state index contributed by atoms with van der Waals surface area (Å²) in [5, 5.41) is 13.7. The Kier molecular flexibility index (Phi) is 3.00. The van der Waals surface area contributed by atoms with Crippen molar-refractivity contribution in [1.82, 2.24) is 0 Å².